The second-order valence-corrected chi connectivity index (χ2v) is 5.10. The average molecular weight is 224 g/mol. The van der Waals surface area contributed by atoms with E-state index in [1.807, 2.05) is 42.1 Å². The fraction of sp³-hybridized carbons (Fsp3) is 0.500. The average Bonchev–Trinajstić information content (AvgIpc) is 2.30. The van der Waals surface area contributed by atoms with Crippen molar-refractivity contribution in [2.24, 2.45) is 5.92 Å². The lowest BCUT2D eigenvalue weighted by atomic mass is 9.91. The number of aliphatic hydroxyl groups is 2. The molecule has 3 atom stereocenters. The van der Waals surface area contributed by atoms with Crippen LogP contribution in [-0.2, 0) is 0 Å². The molecule has 2 nitrogen and oxygen atoms in total. The van der Waals surface area contributed by atoms with E-state index in [0.717, 1.165) is 23.5 Å². The smallest absolute Gasteiger partial charge is 0.0850 e. The van der Waals surface area contributed by atoms with Gasteiger partial charge in [0, 0.05) is 11.7 Å². The highest BCUT2D eigenvalue weighted by Crippen LogP contribution is 2.33. The Balaban J connectivity index is 2.09. The summed E-state index contributed by atoms with van der Waals surface area (Å²) in [5.74, 6) is 1.82. The van der Waals surface area contributed by atoms with Crippen molar-refractivity contribution in [3.8, 4) is 0 Å². The molecule has 1 fully saturated rings. The minimum Gasteiger partial charge on any atom is -0.393 e. The molecule has 1 aliphatic rings. The molecule has 0 spiro atoms. The summed E-state index contributed by atoms with van der Waals surface area (Å²) in [6.45, 7) is 0. The van der Waals surface area contributed by atoms with Gasteiger partial charge in [-0.15, -0.1) is 0 Å². The van der Waals surface area contributed by atoms with Gasteiger partial charge in [0.25, 0.3) is 0 Å². The molecule has 0 saturated carbocycles. The van der Waals surface area contributed by atoms with Crippen LogP contribution in [0, 0.1) is 5.92 Å². The molecular formula is C12H16O2S. The van der Waals surface area contributed by atoms with Crippen molar-refractivity contribution in [3.05, 3.63) is 35.9 Å². The SMILES string of the molecule is O[C@@H]1CCSC[C@H]1[C@@H](O)c1ccccc1. The molecule has 2 N–H and O–H groups in total. The van der Waals surface area contributed by atoms with Gasteiger partial charge >= 0.3 is 0 Å². The van der Waals surface area contributed by atoms with E-state index in [1.54, 1.807) is 0 Å². The summed E-state index contributed by atoms with van der Waals surface area (Å²) in [4.78, 5) is 0. The summed E-state index contributed by atoms with van der Waals surface area (Å²) >= 11 is 1.81. The Morgan fingerprint density at radius 3 is 2.67 bits per heavy atom. The molecule has 0 aliphatic carbocycles. The van der Waals surface area contributed by atoms with Crippen LogP contribution in [-0.4, -0.2) is 27.8 Å². The van der Waals surface area contributed by atoms with Gasteiger partial charge in [-0.2, -0.15) is 11.8 Å². The standard InChI is InChI=1S/C12H16O2S/c13-11-6-7-15-8-10(11)12(14)9-4-2-1-3-5-9/h1-5,10-14H,6-8H2/t10-,11-,12+/m1/s1. The Morgan fingerprint density at radius 2 is 2.00 bits per heavy atom. The maximum absolute atomic E-state index is 10.1. The van der Waals surface area contributed by atoms with Crippen LogP contribution in [0.2, 0.25) is 0 Å². The number of thioether (sulfide) groups is 1. The predicted molar refractivity (Wildman–Crippen MR) is 62.8 cm³/mol. The van der Waals surface area contributed by atoms with Crippen LogP contribution in [0.5, 0.6) is 0 Å². The molecule has 0 amide bonds. The van der Waals surface area contributed by atoms with Crippen LogP contribution >= 0.6 is 11.8 Å². The second kappa shape index (κ2) is 5.01. The molecule has 82 valence electrons. The molecule has 0 aromatic heterocycles. The molecule has 1 aromatic carbocycles. The van der Waals surface area contributed by atoms with Gasteiger partial charge in [0.05, 0.1) is 12.2 Å². The van der Waals surface area contributed by atoms with E-state index in [-0.39, 0.29) is 12.0 Å². The number of hydrogen-bond acceptors (Lipinski definition) is 3. The highest BCUT2D eigenvalue weighted by Gasteiger charge is 2.30. The third kappa shape index (κ3) is 2.54. The summed E-state index contributed by atoms with van der Waals surface area (Å²) in [7, 11) is 0. The Labute approximate surface area is 94.3 Å². The van der Waals surface area contributed by atoms with E-state index in [9.17, 15) is 10.2 Å². The summed E-state index contributed by atoms with van der Waals surface area (Å²) < 4.78 is 0. The van der Waals surface area contributed by atoms with Gasteiger partial charge in [-0.05, 0) is 17.7 Å². The molecule has 1 heterocycles. The topological polar surface area (TPSA) is 40.5 Å². The molecule has 0 radical (unpaired) electrons. The molecule has 1 aromatic rings. The van der Waals surface area contributed by atoms with E-state index < -0.39 is 6.10 Å². The lowest BCUT2D eigenvalue weighted by Crippen LogP contribution is -2.32. The first-order valence-corrected chi connectivity index (χ1v) is 6.43. The Morgan fingerprint density at radius 1 is 1.27 bits per heavy atom. The molecule has 0 unspecified atom stereocenters. The van der Waals surface area contributed by atoms with Gasteiger partial charge in [0.15, 0.2) is 0 Å². The van der Waals surface area contributed by atoms with Crippen LogP contribution < -0.4 is 0 Å². The summed E-state index contributed by atoms with van der Waals surface area (Å²) in [5.41, 5.74) is 0.907. The predicted octanol–water partition coefficient (Wildman–Crippen LogP) is 1.83. The fourth-order valence-electron chi connectivity index (χ4n) is 1.95. The van der Waals surface area contributed by atoms with E-state index in [0.29, 0.717) is 0 Å². The van der Waals surface area contributed by atoms with E-state index in [1.165, 1.54) is 0 Å². The highest BCUT2D eigenvalue weighted by atomic mass is 32.2. The van der Waals surface area contributed by atoms with Crippen LogP contribution in [0.1, 0.15) is 18.1 Å². The lowest BCUT2D eigenvalue weighted by Gasteiger charge is -2.31. The zero-order valence-corrected chi connectivity index (χ0v) is 9.36. The number of aliphatic hydroxyl groups excluding tert-OH is 2. The third-order valence-corrected chi connectivity index (χ3v) is 4.05. The van der Waals surface area contributed by atoms with E-state index in [2.05, 4.69) is 0 Å². The van der Waals surface area contributed by atoms with Crippen molar-refractivity contribution in [1.29, 1.82) is 0 Å². The number of hydrogen-bond donors (Lipinski definition) is 2. The minimum absolute atomic E-state index is 0.0221. The van der Waals surface area contributed by atoms with Crippen molar-refractivity contribution in [3.63, 3.8) is 0 Å². The monoisotopic (exact) mass is 224 g/mol. The van der Waals surface area contributed by atoms with Gasteiger partial charge in [0.1, 0.15) is 0 Å². The highest BCUT2D eigenvalue weighted by molar-refractivity contribution is 7.99. The minimum atomic E-state index is -0.533. The maximum Gasteiger partial charge on any atom is 0.0850 e. The molecule has 1 saturated heterocycles. The first kappa shape index (κ1) is 11.0. The molecule has 3 heteroatoms. The summed E-state index contributed by atoms with van der Waals surface area (Å²) in [5, 5.41) is 20.0. The Kier molecular flexibility index (Phi) is 3.67. The molecule has 1 aliphatic heterocycles. The van der Waals surface area contributed by atoms with Gasteiger partial charge in [-0.25, -0.2) is 0 Å². The fourth-order valence-corrected chi connectivity index (χ4v) is 3.20. The third-order valence-electron chi connectivity index (χ3n) is 2.91. The van der Waals surface area contributed by atoms with Crippen LogP contribution in [0.3, 0.4) is 0 Å². The quantitative estimate of drug-likeness (QED) is 0.805. The van der Waals surface area contributed by atoms with E-state index >= 15 is 0 Å². The van der Waals surface area contributed by atoms with Crippen molar-refractivity contribution in [1.82, 2.24) is 0 Å². The maximum atomic E-state index is 10.1. The van der Waals surface area contributed by atoms with Gasteiger partial charge in [-0.1, -0.05) is 30.3 Å². The largest absolute Gasteiger partial charge is 0.393 e. The summed E-state index contributed by atoms with van der Waals surface area (Å²) in [6, 6.07) is 9.59. The van der Waals surface area contributed by atoms with Crippen LogP contribution in [0.25, 0.3) is 0 Å². The zero-order chi connectivity index (χ0) is 10.7. The number of rotatable bonds is 2. The molecule has 0 bridgehead atoms. The van der Waals surface area contributed by atoms with Crippen molar-refractivity contribution >= 4 is 11.8 Å². The lowest BCUT2D eigenvalue weighted by molar-refractivity contribution is 0.0196. The molecular weight excluding hydrogens is 208 g/mol. The van der Waals surface area contributed by atoms with Crippen LogP contribution in [0.4, 0.5) is 0 Å². The van der Waals surface area contributed by atoms with Crippen molar-refractivity contribution < 1.29 is 10.2 Å². The van der Waals surface area contributed by atoms with Gasteiger partial charge < -0.3 is 10.2 Å². The first-order chi connectivity index (χ1) is 7.29. The summed E-state index contributed by atoms with van der Waals surface area (Å²) in [6.07, 6.45) is -0.102. The Hall–Kier alpha value is -0.510. The zero-order valence-electron chi connectivity index (χ0n) is 8.54. The second-order valence-electron chi connectivity index (χ2n) is 3.95. The first-order valence-electron chi connectivity index (χ1n) is 5.28. The van der Waals surface area contributed by atoms with E-state index in [4.69, 9.17) is 0 Å². The van der Waals surface area contributed by atoms with Crippen molar-refractivity contribution in [2.75, 3.05) is 11.5 Å². The molecule has 15 heavy (non-hydrogen) atoms. The molecule has 2 rings (SSSR count). The normalized spacial score (nSPS) is 28.7. The van der Waals surface area contributed by atoms with Gasteiger partial charge in [-0.3, -0.25) is 0 Å². The Bertz CT molecular complexity index is 302. The van der Waals surface area contributed by atoms with Crippen LogP contribution in [0.15, 0.2) is 30.3 Å². The van der Waals surface area contributed by atoms with Gasteiger partial charge in [0.2, 0.25) is 0 Å². The van der Waals surface area contributed by atoms with Crippen molar-refractivity contribution in [2.45, 2.75) is 18.6 Å². The number of benzene rings is 1.